The third-order valence-electron chi connectivity index (χ3n) is 10.3. The molecule has 49 heavy (non-hydrogen) atoms. The van der Waals surface area contributed by atoms with Crippen molar-refractivity contribution in [3.05, 3.63) is 0 Å². The molecule has 2 unspecified atom stereocenters. The molecule has 0 aromatic rings. The summed E-state index contributed by atoms with van der Waals surface area (Å²) in [7, 11) is -2.01. The average Bonchev–Trinajstić information content (AvgIpc) is 3.10. The number of aliphatic hydroxyl groups excluding tert-OH is 3. The van der Waals surface area contributed by atoms with Crippen molar-refractivity contribution >= 4 is 19.0 Å². The highest BCUT2D eigenvalue weighted by molar-refractivity contribution is 7.89. The summed E-state index contributed by atoms with van der Waals surface area (Å²) < 4.78 is 0. The summed E-state index contributed by atoms with van der Waals surface area (Å²) >= 11 is 0. The monoisotopic (exact) mass is 713 g/mol. The second-order valence-electron chi connectivity index (χ2n) is 15.1. The van der Waals surface area contributed by atoms with Gasteiger partial charge in [0.25, 0.3) is 0 Å². The molecule has 0 aromatic heterocycles. The Kier molecular flexibility index (Phi) is 38.6. The van der Waals surface area contributed by atoms with Crippen molar-refractivity contribution in [1.82, 2.24) is 0 Å². The number of rotatable bonds is 41. The molecule has 6 heteroatoms. The van der Waals surface area contributed by atoms with Gasteiger partial charge in [0.1, 0.15) is 11.9 Å². The standard InChI is InChI=1S/C43H85O5P/c1-3-5-7-9-11-13-15-17-19-21-23-25-27-29-31-33-35-37-41(46)49(43(48)40(45)39-44)42(47)38-36-34-32-30-28-26-24-22-20-18-16-14-12-10-8-6-4-2/h40,43-45,48H,3-39H2,1-2H3. The van der Waals surface area contributed by atoms with Gasteiger partial charge in [-0.3, -0.25) is 9.59 Å². The van der Waals surface area contributed by atoms with E-state index in [0.717, 1.165) is 38.5 Å². The van der Waals surface area contributed by atoms with Gasteiger partial charge in [0.05, 0.1) is 14.5 Å². The van der Waals surface area contributed by atoms with Gasteiger partial charge in [0, 0.05) is 12.8 Å². The van der Waals surface area contributed by atoms with E-state index in [1.54, 1.807) is 0 Å². The van der Waals surface area contributed by atoms with E-state index in [2.05, 4.69) is 13.8 Å². The molecule has 3 N–H and O–H groups in total. The zero-order valence-corrected chi connectivity index (χ0v) is 33.8. The highest BCUT2D eigenvalue weighted by atomic mass is 31.1. The van der Waals surface area contributed by atoms with Crippen LogP contribution in [0.4, 0.5) is 0 Å². The van der Waals surface area contributed by atoms with E-state index in [4.69, 9.17) is 0 Å². The van der Waals surface area contributed by atoms with Gasteiger partial charge in [-0.2, -0.15) is 0 Å². The highest BCUT2D eigenvalue weighted by Crippen LogP contribution is 2.46. The quantitative estimate of drug-likeness (QED) is 0.0433. The second kappa shape index (κ2) is 38.9. The molecule has 292 valence electrons. The van der Waals surface area contributed by atoms with E-state index in [0.29, 0.717) is 0 Å². The first-order chi connectivity index (χ1) is 24.0. The molecule has 0 aliphatic rings. The van der Waals surface area contributed by atoms with Crippen molar-refractivity contribution in [2.24, 2.45) is 0 Å². The number of hydrogen-bond donors (Lipinski definition) is 3. The zero-order chi connectivity index (χ0) is 36.0. The lowest BCUT2D eigenvalue weighted by Crippen LogP contribution is -2.31. The summed E-state index contributed by atoms with van der Waals surface area (Å²) in [5, 5.41) is 30.0. The fraction of sp³-hybridized carbons (Fsp3) is 0.953. The Labute approximate surface area is 306 Å². The molecule has 0 amide bonds. The fourth-order valence-electron chi connectivity index (χ4n) is 6.94. The number of carbonyl (C=O) groups is 2. The van der Waals surface area contributed by atoms with E-state index >= 15 is 0 Å². The molecule has 0 radical (unpaired) electrons. The van der Waals surface area contributed by atoms with Crippen molar-refractivity contribution in [3.63, 3.8) is 0 Å². The van der Waals surface area contributed by atoms with E-state index in [1.165, 1.54) is 180 Å². The minimum absolute atomic E-state index is 0.215. The Morgan fingerprint density at radius 3 is 0.796 bits per heavy atom. The minimum Gasteiger partial charge on any atom is -0.394 e. The van der Waals surface area contributed by atoms with Crippen molar-refractivity contribution < 1.29 is 24.9 Å². The topological polar surface area (TPSA) is 94.8 Å². The normalized spacial score (nSPS) is 12.9. The third-order valence-corrected chi connectivity index (χ3v) is 12.7. The lowest BCUT2D eigenvalue weighted by atomic mass is 10.0. The Morgan fingerprint density at radius 2 is 0.592 bits per heavy atom. The van der Waals surface area contributed by atoms with Crippen LogP contribution in [-0.4, -0.2) is 44.9 Å². The van der Waals surface area contributed by atoms with Crippen molar-refractivity contribution in [2.75, 3.05) is 6.61 Å². The fourth-order valence-corrected chi connectivity index (χ4v) is 9.05. The van der Waals surface area contributed by atoms with Gasteiger partial charge in [-0.05, 0) is 12.8 Å². The molecule has 0 saturated heterocycles. The lowest BCUT2D eigenvalue weighted by Gasteiger charge is -2.24. The predicted molar refractivity (Wildman–Crippen MR) is 214 cm³/mol. The SMILES string of the molecule is CCCCCCCCCCCCCCCCCCCC(=O)P(C(=O)CCCCCCCCCCCCCCCCCCC)C(O)C(O)CO. The zero-order valence-electron chi connectivity index (χ0n) is 32.9. The van der Waals surface area contributed by atoms with Crippen LogP contribution in [-0.2, 0) is 9.59 Å². The van der Waals surface area contributed by atoms with Crippen LogP contribution in [0.2, 0.25) is 0 Å². The third kappa shape index (κ3) is 32.1. The molecule has 0 bridgehead atoms. The summed E-state index contributed by atoms with van der Waals surface area (Å²) in [5.74, 6) is -1.46. The van der Waals surface area contributed by atoms with Crippen LogP contribution in [0.25, 0.3) is 0 Å². The Hall–Kier alpha value is -0.350. The van der Waals surface area contributed by atoms with Gasteiger partial charge in [0.2, 0.25) is 0 Å². The van der Waals surface area contributed by atoms with E-state index in [1.807, 2.05) is 0 Å². The summed E-state index contributed by atoms with van der Waals surface area (Å²) in [6.07, 6.45) is 42.5. The van der Waals surface area contributed by atoms with E-state index in [9.17, 15) is 24.9 Å². The molecule has 0 aliphatic heterocycles. The highest BCUT2D eigenvalue weighted by Gasteiger charge is 2.36. The van der Waals surface area contributed by atoms with Crippen LogP contribution in [0.3, 0.4) is 0 Å². The molecule has 0 fully saturated rings. The summed E-state index contributed by atoms with van der Waals surface area (Å²) in [6.45, 7) is 3.90. The minimum atomic E-state index is -2.01. The molecule has 0 rings (SSSR count). The maximum atomic E-state index is 13.0. The molecule has 2 atom stereocenters. The van der Waals surface area contributed by atoms with Gasteiger partial charge in [-0.25, -0.2) is 0 Å². The number of aliphatic hydroxyl groups is 3. The molecular weight excluding hydrogens is 627 g/mol. The van der Waals surface area contributed by atoms with E-state index < -0.39 is 26.5 Å². The molecule has 0 spiro atoms. The van der Waals surface area contributed by atoms with Crippen LogP contribution < -0.4 is 0 Å². The largest absolute Gasteiger partial charge is 0.394 e. The summed E-state index contributed by atoms with van der Waals surface area (Å²) in [5.41, 5.74) is -0.430. The Balaban J connectivity index is 3.91. The van der Waals surface area contributed by atoms with Crippen LogP contribution in [0.15, 0.2) is 0 Å². The van der Waals surface area contributed by atoms with Gasteiger partial charge >= 0.3 is 0 Å². The Morgan fingerprint density at radius 1 is 0.388 bits per heavy atom. The number of unbranched alkanes of at least 4 members (excludes halogenated alkanes) is 32. The Bertz CT molecular complexity index is 652. The first-order valence-electron chi connectivity index (χ1n) is 21.8. The smallest absolute Gasteiger partial charge is 0.164 e. The second-order valence-corrected chi connectivity index (χ2v) is 17.4. The molecule has 0 aliphatic carbocycles. The van der Waals surface area contributed by atoms with Crippen molar-refractivity contribution in [3.8, 4) is 0 Å². The van der Waals surface area contributed by atoms with Gasteiger partial charge in [-0.1, -0.05) is 219 Å². The molecule has 0 saturated carbocycles. The summed E-state index contributed by atoms with van der Waals surface area (Å²) in [6, 6.07) is 0. The van der Waals surface area contributed by atoms with Crippen molar-refractivity contribution in [2.45, 2.75) is 257 Å². The van der Waals surface area contributed by atoms with Gasteiger partial charge in [-0.15, -0.1) is 0 Å². The summed E-state index contributed by atoms with van der Waals surface area (Å²) in [4.78, 5) is 26.1. The van der Waals surface area contributed by atoms with Crippen molar-refractivity contribution in [1.29, 1.82) is 0 Å². The van der Waals surface area contributed by atoms with Gasteiger partial charge < -0.3 is 15.3 Å². The van der Waals surface area contributed by atoms with Crippen LogP contribution in [0, 0.1) is 0 Å². The number of hydrogen-bond acceptors (Lipinski definition) is 5. The first kappa shape index (κ1) is 48.6. The number of carbonyl (C=O) groups excluding carboxylic acids is 2. The molecule has 0 aromatic carbocycles. The van der Waals surface area contributed by atoms with Crippen LogP contribution >= 0.6 is 7.92 Å². The first-order valence-corrected chi connectivity index (χ1v) is 23.2. The lowest BCUT2D eigenvalue weighted by molar-refractivity contribution is -0.115. The maximum absolute atomic E-state index is 13.0. The van der Waals surface area contributed by atoms with Crippen LogP contribution in [0.5, 0.6) is 0 Å². The predicted octanol–water partition coefficient (Wildman–Crippen LogP) is 13.3. The molecular formula is C43H85O5P. The molecule has 5 nitrogen and oxygen atoms in total. The van der Waals surface area contributed by atoms with Crippen LogP contribution in [0.1, 0.15) is 245 Å². The van der Waals surface area contributed by atoms with E-state index in [-0.39, 0.29) is 23.9 Å². The van der Waals surface area contributed by atoms with Gasteiger partial charge in [0.15, 0.2) is 11.0 Å². The molecule has 0 heterocycles. The maximum Gasteiger partial charge on any atom is 0.164 e. The average molecular weight is 713 g/mol.